The van der Waals surface area contributed by atoms with Crippen molar-refractivity contribution in [1.29, 1.82) is 0 Å². The molecule has 2 aromatic rings. The van der Waals surface area contributed by atoms with Gasteiger partial charge in [-0.15, -0.1) is 0 Å². The maximum Gasteiger partial charge on any atom is 0.103 e. The van der Waals surface area contributed by atoms with Crippen molar-refractivity contribution in [3.05, 3.63) is 41.9 Å². The van der Waals surface area contributed by atoms with Gasteiger partial charge in [0.15, 0.2) is 0 Å². The number of nitrogens with two attached hydrogens (primary N) is 1. The van der Waals surface area contributed by atoms with E-state index in [0.29, 0.717) is 6.54 Å². The first kappa shape index (κ1) is 8.97. The molecule has 0 saturated heterocycles. The Balaban J connectivity index is 2.50. The summed E-state index contributed by atoms with van der Waals surface area (Å²) in [5.74, 6) is 0.923. The van der Waals surface area contributed by atoms with Crippen LogP contribution in [0.3, 0.4) is 0 Å². The van der Waals surface area contributed by atoms with E-state index >= 15 is 0 Å². The van der Waals surface area contributed by atoms with Crippen LogP contribution in [0.4, 0.5) is 0 Å². The Labute approximate surface area is 83.0 Å². The molecule has 0 aliphatic carbocycles. The summed E-state index contributed by atoms with van der Waals surface area (Å²) in [5, 5.41) is 0. The average Bonchev–Trinajstić information content (AvgIpc) is 2.65. The van der Waals surface area contributed by atoms with Gasteiger partial charge in [0.1, 0.15) is 5.82 Å². The van der Waals surface area contributed by atoms with Gasteiger partial charge in [0.2, 0.25) is 0 Å². The Hall–Kier alpha value is -1.61. The number of aromatic amines is 1. The van der Waals surface area contributed by atoms with Crippen LogP contribution in [-0.4, -0.2) is 9.97 Å². The van der Waals surface area contributed by atoms with Gasteiger partial charge in [-0.05, 0) is 12.5 Å². The third kappa shape index (κ3) is 1.54. The molecule has 2 rings (SSSR count). The quantitative estimate of drug-likeness (QED) is 0.753. The highest BCUT2D eigenvalue weighted by Crippen LogP contribution is 2.21. The Morgan fingerprint density at radius 2 is 2.14 bits per heavy atom. The minimum atomic E-state index is 0.550. The van der Waals surface area contributed by atoms with Gasteiger partial charge < -0.3 is 10.7 Å². The van der Waals surface area contributed by atoms with Crippen LogP contribution in [0.5, 0.6) is 0 Å². The number of H-pyrrole nitrogens is 1. The van der Waals surface area contributed by atoms with E-state index in [1.54, 1.807) is 0 Å². The molecule has 0 fully saturated rings. The minimum Gasteiger partial charge on any atom is -0.342 e. The predicted octanol–water partition coefficient (Wildman–Crippen LogP) is 1.84. The molecule has 72 valence electrons. The maximum atomic E-state index is 5.66. The zero-order chi connectivity index (χ0) is 9.97. The molecule has 3 heteroatoms. The summed E-state index contributed by atoms with van der Waals surface area (Å²) in [4.78, 5) is 7.37. The molecular formula is C11H13N3. The number of nitrogens with zero attached hydrogens (tertiary/aromatic N) is 1. The smallest absolute Gasteiger partial charge is 0.103 e. The lowest BCUT2D eigenvalue weighted by molar-refractivity contribution is 1.07. The Morgan fingerprint density at radius 1 is 1.36 bits per heavy atom. The van der Waals surface area contributed by atoms with Crippen molar-refractivity contribution in [3.63, 3.8) is 0 Å². The standard InChI is InChI=1S/C11H13N3/c1-8-13-7-11(14-8)10-5-3-2-4-9(10)6-12/h2-5,7H,6,12H2,1H3,(H,13,14). The van der Waals surface area contributed by atoms with Crippen LogP contribution in [0.25, 0.3) is 11.3 Å². The van der Waals surface area contributed by atoms with Crippen molar-refractivity contribution in [2.45, 2.75) is 13.5 Å². The number of imidazole rings is 1. The van der Waals surface area contributed by atoms with E-state index < -0.39 is 0 Å². The van der Waals surface area contributed by atoms with Crippen LogP contribution in [0.1, 0.15) is 11.4 Å². The molecule has 0 spiro atoms. The van der Waals surface area contributed by atoms with Crippen LogP contribution in [0.15, 0.2) is 30.5 Å². The molecule has 0 bridgehead atoms. The second-order valence-electron chi connectivity index (χ2n) is 3.24. The number of hydrogen-bond acceptors (Lipinski definition) is 2. The number of aromatic nitrogens is 2. The van der Waals surface area contributed by atoms with Crippen molar-refractivity contribution in [2.24, 2.45) is 5.73 Å². The van der Waals surface area contributed by atoms with Crippen molar-refractivity contribution in [3.8, 4) is 11.3 Å². The zero-order valence-electron chi connectivity index (χ0n) is 8.12. The van der Waals surface area contributed by atoms with Crippen LogP contribution >= 0.6 is 0 Å². The molecule has 0 aliphatic rings. The average molecular weight is 187 g/mol. The van der Waals surface area contributed by atoms with Gasteiger partial charge in [-0.25, -0.2) is 4.98 Å². The molecule has 14 heavy (non-hydrogen) atoms. The molecule has 0 unspecified atom stereocenters. The highest BCUT2D eigenvalue weighted by Gasteiger charge is 2.04. The van der Waals surface area contributed by atoms with Crippen molar-refractivity contribution in [2.75, 3.05) is 0 Å². The van der Waals surface area contributed by atoms with Gasteiger partial charge in [0.25, 0.3) is 0 Å². The Bertz CT molecular complexity index is 432. The summed E-state index contributed by atoms with van der Waals surface area (Å²) in [6.45, 7) is 2.49. The minimum absolute atomic E-state index is 0.550. The maximum absolute atomic E-state index is 5.66. The molecule has 0 aliphatic heterocycles. The molecule has 1 aromatic heterocycles. The first-order valence-corrected chi connectivity index (χ1v) is 4.61. The van der Waals surface area contributed by atoms with E-state index in [9.17, 15) is 0 Å². The Morgan fingerprint density at radius 3 is 2.79 bits per heavy atom. The van der Waals surface area contributed by atoms with Crippen LogP contribution in [0, 0.1) is 6.92 Å². The van der Waals surface area contributed by atoms with E-state index in [2.05, 4.69) is 16.0 Å². The fourth-order valence-electron chi connectivity index (χ4n) is 1.52. The molecule has 1 heterocycles. The number of nitrogens with one attached hydrogen (secondary N) is 1. The summed E-state index contributed by atoms with van der Waals surface area (Å²) in [7, 11) is 0. The molecule has 3 N–H and O–H groups in total. The molecule has 0 radical (unpaired) electrons. The molecule has 1 aromatic carbocycles. The summed E-state index contributed by atoms with van der Waals surface area (Å²) in [6.07, 6.45) is 1.84. The van der Waals surface area contributed by atoms with E-state index in [1.807, 2.05) is 31.3 Å². The summed E-state index contributed by atoms with van der Waals surface area (Å²) in [6, 6.07) is 8.08. The van der Waals surface area contributed by atoms with Gasteiger partial charge in [0, 0.05) is 12.1 Å². The fourth-order valence-corrected chi connectivity index (χ4v) is 1.52. The highest BCUT2D eigenvalue weighted by molar-refractivity contribution is 5.63. The van der Waals surface area contributed by atoms with E-state index in [-0.39, 0.29) is 0 Å². The van der Waals surface area contributed by atoms with Crippen LogP contribution in [0.2, 0.25) is 0 Å². The molecule has 3 nitrogen and oxygen atoms in total. The summed E-state index contributed by atoms with van der Waals surface area (Å²) in [5.41, 5.74) is 8.96. The van der Waals surface area contributed by atoms with Crippen molar-refractivity contribution < 1.29 is 0 Å². The molecular weight excluding hydrogens is 174 g/mol. The number of hydrogen-bond donors (Lipinski definition) is 2. The van der Waals surface area contributed by atoms with Crippen molar-refractivity contribution in [1.82, 2.24) is 9.97 Å². The van der Waals surface area contributed by atoms with E-state index in [0.717, 1.165) is 22.6 Å². The first-order chi connectivity index (χ1) is 6.81. The molecule has 0 saturated carbocycles. The second kappa shape index (κ2) is 3.64. The van der Waals surface area contributed by atoms with Crippen LogP contribution in [-0.2, 0) is 6.54 Å². The van der Waals surface area contributed by atoms with Crippen molar-refractivity contribution >= 4 is 0 Å². The summed E-state index contributed by atoms with van der Waals surface area (Å²) >= 11 is 0. The Kier molecular flexibility index (Phi) is 2.33. The number of rotatable bonds is 2. The lowest BCUT2D eigenvalue weighted by Gasteiger charge is -2.04. The lowest BCUT2D eigenvalue weighted by Crippen LogP contribution is -1.98. The highest BCUT2D eigenvalue weighted by atomic mass is 14.9. The first-order valence-electron chi connectivity index (χ1n) is 4.61. The topological polar surface area (TPSA) is 54.7 Å². The largest absolute Gasteiger partial charge is 0.342 e. The number of benzene rings is 1. The van der Waals surface area contributed by atoms with E-state index in [4.69, 9.17) is 5.73 Å². The second-order valence-corrected chi connectivity index (χ2v) is 3.24. The van der Waals surface area contributed by atoms with Crippen LogP contribution < -0.4 is 5.73 Å². The van der Waals surface area contributed by atoms with Gasteiger partial charge in [-0.1, -0.05) is 24.3 Å². The molecule has 0 amide bonds. The van der Waals surface area contributed by atoms with Gasteiger partial charge in [-0.2, -0.15) is 0 Å². The molecule has 0 atom stereocenters. The monoisotopic (exact) mass is 187 g/mol. The number of aryl methyl sites for hydroxylation is 1. The van der Waals surface area contributed by atoms with Gasteiger partial charge >= 0.3 is 0 Å². The van der Waals surface area contributed by atoms with Gasteiger partial charge in [-0.3, -0.25) is 0 Å². The van der Waals surface area contributed by atoms with E-state index in [1.165, 1.54) is 0 Å². The normalized spacial score (nSPS) is 10.4. The summed E-state index contributed by atoms with van der Waals surface area (Å²) < 4.78 is 0. The zero-order valence-corrected chi connectivity index (χ0v) is 8.12. The predicted molar refractivity (Wildman–Crippen MR) is 56.7 cm³/mol. The van der Waals surface area contributed by atoms with Gasteiger partial charge in [0.05, 0.1) is 11.9 Å². The fraction of sp³-hybridized carbons (Fsp3) is 0.182. The third-order valence-corrected chi connectivity index (χ3v) is 2.23. The third-order valence-electron chi connectivity index (χ3n) is 2.23. The lowest BCUT2D eigenvalue weighted by atomic mass is 10.1. The SMILES string of the molecule is Cc1ncc(-c2ccccc2CN)[nH]1.